The zero-order valence-electron chi connectivity index (χ0n) is 12.6. The fourth-order valence-corrected chi connectivity index (χ4v) is 2.15. The van der Waals surface area contributed by atoms with Gasteiger partial charge in [-0.25, -0.2) is 4.39 Å². The lowest BCUT2D eigenvalue weighted by molar-refractivity contribution is 0.0465. The summed E-state index contributed by atoms with van der Waals surface area (Å²) in [5.41, 5.74) is 2.60. The van der Waals surface area contributed by atoms with Crippen LogP contribution in [0.4, 0.5) is 4.39 Å². The summed E-state index contributed by atoms with van der Waals surface area (Å²) in [5.74, 6) is 0.122. The summed E-state index contributed by atoms with van der Waals surface area (Å²) in [6, 6.07) is 12.5. The Morgan fingerprint density at radius 2 is 1.81 bits per heavy atom. The van der Waals surface area contributed by atoms with Crippen LogP contribution in [0.15, 0.2) is 42.5 Å². The first kappa shape index (κ1) is 15.5. The molecule has 0 saturated carbocycles. The molecule has 2 aromatic carbocycles. The highest BCUT2D eigenvalue weighted by molar-refractivity contribution is 5.29. The summed E-state index contributed by atoms with van der Waals surface area (Å²) >= 11 is 0. The number of rotatable bonds is 5. The molecule has 21 heavy (non-hydrogen) atoms. The Balaban J connectivity index is 2.07. The highest BCUT2D eigenvalue weighted by Gasteiger charge is 2.18. The van der Waals surface area contributed by atoms with Crippen molar-refractivity contribution < 1.29 is 14.2 Å². The van der Waals surface area contributed by atoms with Crippen LogP contribution in [0.5, 0.6) is 5.75 Å². The van der Waals surface area contributed by atoms with E-state index in [1.54, 1.807) is 26.0 Å². The molecule has 2 nitrogen and oxygen atoms in total. The second-order valence-electron chi connectivity index (χ2n) is 5.27. The predicted octanol–water partition coefficient (Wildman–Crippen LogP) is 4.20. The first-order chi connectivity index (χ1) is 10.0. The number of hydrogen-bond donors (Lipinski definition) is 1. The summed E-state index contributed by atoms with van der Waals surface area (Å²) in [7, 11) is 0. The van der Waals surface area contributed by atoms with Crippen molar-refractivity contribution in [3.05, 3.63) is 65.0 Å². The summed E-state index contributed by atoms with van der Waals surface area (Å²) in [5, 5.41) is 10.3. The summed E-state index contributed by atoms with van der Waals surface area (Å²) in [4.78, 5) is 0. The van der Waals surface area contributed by atoms with Gasteiger partial charge in [-0.05, 0) is 43.0 Å². The molecular weight excluding hydrogens is 267 g/mol. The molecule has 0 aliphatic carbocycles. The fourth-order valence-electron chi connectivity index (χ4n) is 2.15. The van der Waals surface area contributed by atoms with E-state index in [0.717, 1.165) is 12.0 Å². The third-order valence-corrected chi connectivity index (χ3v) is 3.64. The molecule has 0 spiro atoms. The zero-order chi connectivity index (χ0) is 15.4. The van der Waals surface area contributed by atoms with Gasteiger partial charge in [0.1, 0.15) is 23.8 Å². The normalized spacial score (nSPS) is 13.8. The van der Waals surface area contributed by atoms with Crippen LogP contribution in [0.25, 0.3) is 0 Å². The van der Waals surface area contributed by atoms with Crippen LogP contribution >= 0.6 is 0 Å². The molecule has 0 radical (unpaired) electrons. The molecule has 112 valence electrons. The lowest BCUT2D eigenvalue weighted by Gasteiger charge is -2.21. The molecular formula is C18H21FO2. The second-order valence-corrected chi connectivity index (χ2v) is 5.27. The molecule has 3 heteroatoms. The summed E-state index contributed by atoms with van der Waals surface area (Å²) in [6.07, 6.45) is -0.245. The first-order valence-corrected chi connectivity index (χ1v) is 7.21. The average molecular weight is 288 g/mol. The minimum absolute atomic E-state index is 0.304. The Morgan fingerprint density at radius 3 is 2.38 bits per heavy atom. The van der Waals surface area contributed by atoms with E-state index in [-0.39, 0.29) is 5.82 Å². The van der Waals surface area contributed by atoms with Gasteiger partial charge in [0.15, 0.2) is 0 Å². The number of aliphatic hydroxyl groups is 1. The molecule has 0 bridgehead atoms. The van der Waals surface area contributed by atoms with Gasteiger partial charge in [0.2, 0.25) is 0 Å². The molecule has 0 aliphatic rings. The molecule has 0 fully saturated rings. The van der Waals surface area contributed by atoms with E-state index in [9.17, 15) is 9.50 Å². The lowest BCUT2D eigenvalue weighted by atomic mass is 10.0. The number of aryl methyl sites for hydroxylation is 2. The first-order valence-electron chi connectivity index (χ1n) is 7.21. The highest BCUT2D eigenvalue weighted by atomic mass is 19.1. The molecule has 1 N–H and O–H groups in total. The van der Waals surface area contributed by atoms with Gasteiger partial charge in [-0.1, -0.05) is 37.3 Å². The van der Waals surface area contributed by atoms with Crippen molar-refractivity contribution in [2.75, 3.05) is 0 Å². The second kappa shape index (κ2) is 6.72. The molecule has 2 aromatic rings. The van der Waals surface area contributed by atoms with Crippen LogP contribution in [-0.4, -0.2) is 11.2 Å². The van der Waals surface area contributed by atoms with Crippen molar-refractivity contribution in [2.45, 2.75) is 39.4 Å². The largest absolute Gasteiger partial charge is 0.488 e. The number of aliphatic hydroxyl groups excluding tert-OH is 1. The van der Waals surface area contributed by atoms with E-state index in [2.05, 4.69) is 6.92 Å². The minimum atomic E-state index is -0.750. The van der Waals surface area contributed by atoms with E-state index >= 15 is 0 Å². The molecule has 0 aromatic heterocycles. The third kappa shape index (κ3) is 3.82. The number of benzene rings is 2. The predicted molar refractivity (Wildman–Crippen MR) is 82.0 cm³/mol. The Bertz CT molecular complexity index is 593. The van der Waals surface area contributed by atoms with Crippen LogP contribution in [0.1, 0.15) is 36.6 Å². The van der Waals surface area contributed by atoms with E-state index in [0.29, 0.717) is 11.3 Å². The van der Waals surface area contributed by atoms with Crippen molar-refractivity contribution in [3.63, 3.8) is 0 Å². The molecule has 0 heterocycles. The van der Waals surface area contributed by atoms with Gasteiger partial charge >= 0.3 is 0 Å². The van der Waals surface area contributed by atoms with E-state index in [1.807, 2.05) is 24.3 Å². The van der Waals surface area contributed by atoms with Crippen LogP contribution in [0, 0.1) is 12.7 Å². The minimum Gasteiger partial charge on any atom is -0.488 e. The quantitative estimate of drug-likeness (QED) is 0.893. The summed E-state index contributed by atoms with van der Waals surface area (Å²) < 4.78 is 19.1. The number of halogens is 1. The topological polar surface area (TPSA) is 29.5 Å². The molecule has 2 rings (SSSR count). The van der Waals surface area contributed by atoms with Crippen LogP contribution in [0.3, 0.4) is 0 Å². The lowest BCUT2D eigenvalue weighted by Crippen LogP contribution is -2.21. The monoisotopic (exact) mass is 288 g/mol. The zero-order valence-corrected chi connectivity index (χ0v) is 12.6. The van der Waals surface area contributed by atoms with Crippen molar-refractivity contribution >= 4 is 0 Å². The Kier molecular flexibility index (Phi) is 4.97. The van der Waals surface area contributed by atoms with Crippen LogP contribution < -0.4 is 4.74 Å². The van der Waals surface area contributed by atoms with Crippen LogP contribution in [0.2, 0.25) is 0 Å². The van der Waals surface area contributed by atoms with Crippen LogP contribution in [-0.2, 0) is 6.42 Å². The van der Waals surface area contributed by atoms with Crippen molar-refractivity contribution in [3.8, 4) is 5.75 Å². The number of ether oxygens (including phenoxy) is 1. The molecule has 2 unspecified atom stereocenters. The standard InChI is InChI=1S/C18H21FO2/c1-4-14-6-8-15(9-7-14)18(20)13(3)21-16-10-5-12(2)17(19)11-16/h5-11,13,18,20H,4H2,1-3H3. The van der Waals surface area contributed by atoms with E-state index < -0.39 is 12.2 Å². The maximum absolute atomic E-state index is 13.5. The Morgan fingerprint density at radius 1 is 1.14 bits per heavy atom. The maximum atomic E-state index is 13.5. The van der Waals surface area contributed by atoms with Gasteiger partial charge in [-0.15, -0.1) is 0 Å². The van der Waals surface area contributed by atoms with Gasteiger partial charge in [0.05, 0.1) is 0 Å². The Hall–Kier alpha value is -1.87. The highest BCUT2D eigenvalue weighted by Crippen LogP contribution is 2.23. The number of hydrogen-bond acceptors (Lipinski definition) is 2. The van der Waals surface area contributed by atoms with Gasteiger partial charge in [0.25, 0.3) is 0 Å². The van der Waals surface area contributed by atoms with Crippen molar-refractivity contribution in [1.82, 2.24) is 0 Å². The van der Waals surface area contributed by atoms with Gasteiger partial charge in [-0.3, -0.25) is 0 Å². The summed E-state index contributed by atoms with van der Waals surface area (Å²) in [6.45, 7) is 5.56. The molecule has 0 saturated heterocycles. The fraction of sp³-hybridized carbons (Fsp3) is 0.333. The van der Waals surface area contributed by atoms with E-state index in [4.69, 9.17) is 4.74 Å². The van der Waals surface area contributed by atoms with Gasteiger partial charge < -0.3 is 9.84 Å². The molecule has 0 amide bonds. The van der Waals surface area contributed by atoms with E-state index in [1.165, 1.54) is 11.6 Å². The maximum Gasteiger partial charge on any atom is 0.129 e. The van der Waals surface area contributed by atoms with Crippen molar-refractivity contribution in [2.24, 2.45) is 0 Å². The Labute approximate surface area is 125 Å². The van der Waals surface area contributed by atoms with Gasteiger partial charge in [0, 0.05) is 6.07 Å². The third-order valence-electron chi connectivity index (χ3n) is 3.64. The van der Waals surface area contributed by atoms with Gasteiger partial charge in [-0.2, -0.15) is 0 Å². The average Bonchev–Trinajstić information content (AvgIpc) is 2.50. The smallest absolute Gasteiger partial charge is 0.129 e. The molecule has 2 atom stereocenters. The SMILES string of the molecule is CCc1ccc(C(O)C(C)Oc2ccc(C)c(F)c2)cc1. The van der Waals surface area contributed by atoms with Crippen molar-refractivity contribution in [1.29, 1.82) is 0 Å². The molecule has 0 aliphatic heterocycles.